The highest BCUT2D eigenvalue weighted by molar-refractivity contribution is 6.03. The van der Waals surface area contributed by atoms with Crippen molar-refractivity contribution >= 4 is 16.6 Å². The van der Waals surface area contributed by atoms with E-state index in [1.807, 2.05) is 68.4 Å². The van der Waals surface area contributed by atoms with E-state index >= 15 is 0 Å². The van der Waals surface area contributed by atoms with Crippen LogP contribution in [-0.2, 0) is 0 Å². The number of fused-ring (bicyclic) bond motifs is 1. The van der Waals surface area contributed by atoms with Gasteiger partial charge in [0.25, 0.3) is 0 Å². The molecular formula is C24H27NO2. The van der Waals surface area contributed by atoms with Gasteiger partial charge in [-0.25, -0.2) is 0 Å². The van der Waals surface area contributed by atoms with Crippen molar-refractivity contribution in [1.29, 1.82) is 0 Å². The predicted octanol–water partition coefficient (Wildman–Crippen LogP) is 5.50. The molecule has 0 aromatic heterocycles. The Kier molecular flexibility index (Phi) is 5.92. The highest BCUT2D eigenvalue weighted by atomic mass is 16.5. The van der Waals surface area contributed by atoms with Crippen molar-refractivity contribution in [2.75, 3.05) is 14.1 Å². The summed E-state index contributed by atoms with van der Waals surface area (Å²) in [4.78, 5) is 15.2. The third-order valence-electron chi connectivity index (χ3n) is 5.10. The van der Waals surface area contributed by atoms with Gasteiger partial charge >= 0.3 is 0 Å². The molecule has 0 radical (unpaired) electrons. The number of nitrogens with zero attached hydrogens (tertiary/aromatic N) is 1. The molecule has 0 aliphatic carbocycles. The van der Waals surface area contributed by atoms with Gasteiger partial charge in [0.2, 0.25) is 0 Å². The summed E-state index contributed by atoms with van der Waals surface area (Å²) in [6, 6.07) is 21.9. The quantitative estimate of drug-likeness (QED) is 0.411. The molecule has 3 heteroatoms. The second-order valence-electron chi connectivity index (χ2n) is 7.10. The van der Waals surface area contributed by atoms with Crippen LogP contribution in [0.25, 0.3) is 10.8 Å². The molecule has 2 atom stereocenters. The van der Waals surface area contributed by atoms with Crippen LogP contribution in [0.3, 0.4) is 0 Å². The molecule has 0 heterocycles. The summed E-state index contributed by atoms with van der Waals surface area (Å²) in [6.45, 7) is 4.06. The number of carbonyl (C=O) groups is 1. The Labute approximate surface area is 161 Å². The average molecular weight is 361 g/mol. The van der Waals surface area contributed by atoms with E-state index in [0.29, 0.717) is 0 Å². The van der Waals surface area contributed by atoms with Crippen LogP contribution in [0.4, 0.5) is 0 Å². The van der Waals surface area contributed by atoms with E-state index in [1.54, 1.807) is 0 Å². The maximum atomic E-state index is 13.2. The van der Waals surface area contributed by atoms with Gasteiger partial charge in [-0.3, -0.25) is 9.69 Å². The lowest BCUT2D eigenvalue weighted by Gasteiger charge is -2.21. The van der Waals surface area contributed by atoms with E-state index in [1.165, 1.54) is 5.39 Å². The smallest absolute Gasteiger partial charge is 0.170 e. The minimum absolute atomic E-state index is 0.0226. The Hall–Kier alpha value is -2.65. The lowest BCUT2D eigenvalue weighted by Crippen LogP contribution is -2.30. The van der Waals surface area contributed by atoms with Crippen LogP contribution in [-0.4, -0.2) is 31.0 Å². The molecule has 0 aliphatic heterocycles. The lowest BCUT2D eigenvalue weighted by molar-refractivity contribution is 0.0815. The molecule has 0 aliphatic rings. The van der Waals surface area contributed by atoms with Gasteiger partial charge in [0.1, 0.15) is 12.0 Å². The summed E-state index contributed by atoms with van der Waals surface area (Å²) < 4.78 is 5.85. The van der Waals surface area contributed by atoms with Crippen molar-refractivity contribution in [2.45, 2.75) is 32.4 Å². The first-order valence-electron chi connectivity index (χ1n) is 9.46. The van der Waals surface area contributed by atoms with Gasteiger partial charge in [0, 0.05) is 11.5 Å². The SMILES string of the molecule is CCC(C(=O)c1ccc(OC(C)N(C)C)cc1)c1cccc2ccccc12. The molecule has 0 spiro atoms. The zero-order valence-electron chi connectivity index (χ0n) is 16.5. The lowest BCUT2D eigenvalue weighted by atomic mass is 9.86. The van der Waals surface area contributed by atoms with Gasteiger partial charge in [-0.1, -0.05) is 49.4 Å². The van der Waals surface area contributed by atoms with Crippen molar-refractivity contribution in [3.8, 4) is 5.75 Å². The Balaban J connectivity index is 1.87. The molecule has 3 aromatic rings. The average Bonchev–Trinajstić information content (AvgIpc) is 2.69. The van der Waals surface area contributed by atoms with E-state index in [0.717, 1.165) is 28.7 Å². The maximum absolute atomic E-state index is 13.2. The second-order valence-corrected chi connectivity index (χ2v) is 7.10. The van der Waals surface area contributed by atoms with E-state index in [4.69, 9.17) is 4.74 Å². The van der Waals surface area contributed by atoms with Crippen molar-refractivity contribution in [1.82, 2.24) is 4.90 Å². The minimum atomic E-state index is -0.149. The van der Waals surface area contributed by atoms with Gasteiger partial charge in [0.15, 0.2) is 5.78 Å². The summed E-state index contributed by atoms with van der Waals surface area (Å²) in [6.07, 6.45) is 0.744. The van der Waals surface area contributed by atoms with E-state index < -0.39 is 0 Å². The molecule has 0 saturated heterocycles. The number of Topliss-reactive ketones (excluding diaryl/α,β-unsaturated/α-hetero) is 1. The maximum Gasteiger partial charge on any atom is 0.170 e. The Morgan fingerprint density at radius 1 is 0.963 bits per heavy atom. The molecule has 0 saturated carbocycles. The van der Waals surface area contributed by atoms with E-state index in [9.17, 15) is 4.79 Å². The van der Waals surface area contributed by atoms with Gasteiger partial charge in [-0.05, 0) is 68.0 Å². The first kappa shape index (κ1) is 19.1. The van der Waals surface area contributed by atoms with Crippen molar-refractivity contribution in [3.05, 3.63) is 77.9 Å². The Bertz CT molecular complexity index is 910. The van der Waals surface area contributed by atoms with Crippen LogP contribution in [0, 0.1) is 0 Å². The Morgan fingerprint density at radius 2 is 1.63 bits per heavy atom. The molecule has 0 amide bonds. The van der Waals surface area contributed by atoms with Crippen LogP contribution in [0.5, 0.6) is 5.75 Å². The highest BCUT2D eigenvalue weighted by Crippen LogP contribution is 2.31. The molecule has 3 rings (SSSR count). The topological polar surface area (TPSA) is 29.5 Å². The summed E-state index contributed by atoms with van der Waals surface area (Å²) in [5, 5.41) is 2.32. The zero-order chi connectivity index (χ0) is 19.4. The fourth-order valence-corrected chi connectivity index (χ4v) is 3.30. The third kappa shape index (κ3) is 4.20. The van der Waals surface area contributed by atoms with Crippen LogP contribution < -0.4 is 4.74 Å². The normalized spacial score (nSPS) is 13.5. The van der Waals surface area contributed by atoms with Gasteiger partial charge in [-0.15, -0.1) is 0 Å². The standard InChI is InChI=1S/C24H27NO2/c1-5-21(23-12-8-10-18-9-6-7-11-22(18)23)24(26)19-13-15-20(16-14-19)27-17(2)25(3)4/h6-17,21H,5H2,1-4H3. The van der Waals surface area contributed by atoms with Gasteiger partial charge < -0.3 is 4.74 Å². The Morgan fingerprint density at radius 3 is 2.30 bits per heavy atom. The van der Waals surface area contributed by atoms with Crippen molar-refractivity contribution in [3.63, 3.8) is 0 Å². The fraction of sp³-hybridized carbons (Fsp3) is 0.292. The molecule has 0 fully saturated rings. The molecule has 0 N–H and O–H groups in total. The molecular weight excluding hydrogens is 334 g/mol. The molecule has 3 aromatic carbocycles. The van der Waals surface area contributed by atoms with E-state index in [-0.39, 0.29) is 17.9 Å². The number of hydrogen-bond donors (Lipinski definition) is 0. The van der Waals surface area contributed by atoms with Crippen molar-refractivity contribution in [2.24, 2.45) is 0 Å². The summed E-state index contributed by atoms with van der Waals surface area (Å²) in [5.41, 5.74) is 1.82. The zero-order valence-corrected chi connectivity index (χ0v) is 16.5. The molecule has 27 heavy (non-hydrogen) atoms. The summed E-state index contributed by atoms with van der Waals surface area (Å²) in [5.74, 6) is 0.774. The third-order valence-corrected chi connectivity index (χ3v) is 5.10. The van der Waals surface area contributed by atoms with Crippen LogP contribution in [0.2, 0.25) is 0 Å². The van der Waals surface area contributed by atoms with Gasteiger partial charge in [-0.2, -0.15) is 0 Å². The number of ether oxygens (including phenoxy) is 1. The van der Waals surface area contributed by atoms with Crippen LogP contribution in [0.1, 0.15) is 42.1 Å². The first-order chi connectivity index (χ1) is 13.0. The number of hydrogen-bond acceptors (Lipinski definition) is 3. The number of rotatable bonds is 7. The first-order valence-corrected chi connectivity index (χ1v) is 9.46. The molecule has 0 bridgehead atoms. The van der Waals surface area contributed by atoms with Crippen LogP contribution >= 0.6 is 0 Å². The molecule has 140 valence electrons. The van der Waals surface area contributed by atoms with E-state index in [2.05, 4.69) is 31.2 Å². The molecule has 3 nitrogen and oxygen atoms in total. The summed E-state index contributed by atoms with van der Waals surface area (Å²) >= 11 is 0. The largest absolute Gasteiger partial charge is 0.475 e. The number of ketones is 1. The second kappa shape index (κ2) is 8.36. The highest BCUT2D eigenvalue weighted by Gasteiger charge is 2.22. The predicted molar refractivity (Wildman–Crippen MR) is 112 cm³/mol. The van der Waals surface area contributed by atoms with Crippen molar-refractivity contribution < 1.29 is 9.53 Å². The van der Waals surface area contributed by atoms with Crippen LogP contribution in [0.15, 0.2) is 66.7 Å². The van der Waals surface area contributed by atoms with Gasteiger partial charge in [0.05, 0.1) is 0 Å². The fourth-order valence-electron chi connectivity index (χ4n) is 3.30. The number of carbonyl (C=O) groups excluding carboxylic acids is 1. The number of benzene rings is 3. The monoisotopic (exact) mass is 361 g/mol. The minimum Gasteiger partial charge on any atom is -0.475 e. The molecule has 2 unspecified atom stereocenters. The summed E-state index contributed by atoms with van der Waals surface area (Å²) in [7, 11) is 3.94.